The third-order valence-electron chi connectivity index (χ3n) is 3.27. The zero-order chi connectivity index (χ0) is 14.8. The maximum atomic E-state index is 12.3. The van der Waals surface area contributed by atoms with E-state index in [-0.39, 0.29) is 17.2 Å². The van der Waals surface area contributed by atoms with E-state index in [1.165, 1.54) is 4.57 Å². The van der Waals surface area contributed by atoms with Crippen molar-refractivity contribution in [1.29, 1.82) is 0 Å². The Hall–Kier alpha value is -2.47. The normalized spacial score (nSPS) is 10.7. The molecule has 106 valence electrons. The average Bonchev–Trinajstić information content (AvgIpc) is 3.06. The van der Waals surface area contributed by atoms with Gasteiger partial charge in [-0.2, -0.15) is 5.10 Å². The lowest BCUT2D eigenvalue weighted by Crippen LogP contribution is -2.18. The first-order chi connectivity index (χ1) is 10.2. The highest BCUT2D eigenvalue weighted by Crippen LogP contribution is 2.14. The maximum Gasteiger partial charge on any atom is 0.307 e. The molecule has 0 amide bonds. The number of nitrogens with zero attached hydrogens (tertiary/aromatic N) is 3. The van der Waals surface area contributed by atoms with Crippen molar-refractivity contribution >= 4 is 17.1 Å². The Bertz CT molecular complexity index is 830. The van der Waals surface area contributed by atoms with Crippen molar-refractivity contribution < 1.29 is 4.79 Å². The van der Waals surface area contributed by atoms with Crippen molar-refractivity contribution in [3.8, 4) is 5.69 Å². The summed E-state index contributed by atoms with van der Waals surface area (Å²) in [6.45, 7) is 1.90. The molecule has 6 heteroatoms. The molecule has 0 saturated carbocycles. The molecule has 0 saturated heterocycles. The van der Waals surface area contributed by atoms with Crippen LogP contribution >= 0.6 is 11.3 Å². The molecule has 0 aliphatic carbocycles. The second-order valence-corrected chi connectivity index (χ2v) is 5.47. The van der Waals surface area contributed by atoms with Crippen LogP contribution in [0.2, 0.25) is 0 Å². The van der Waals surface area contributed by atoms with Gasteiger partial charge in [0.15, 0.2) is 5.78 Å². The van der Waals surface area contributed by atoms with Crippen LogP contribution in [0.5, 0.6) is 0 Å². The lowest BCUT2D eigenvalue weighted by Gasteiger charge is -2.05. The van der Waals surface area contributed by atoms with E-state index in [1.807, 2.05) is 37.3 Å². The van der Waals surface area contributed by atoms with Gasteiger partial charge in [0.1, 0.15) is 0 Å². The highest BCUT2D eigenvalue weighted by molar-refractivity contribution is 7.07. The molecule has 0 radical (unpaired) electrons. The number of para-hydroxylation sites is 1. The van der Waals surface area contributed by atoms with E-state index < -0.39 is 0 Å². The molecule has 1 aromatic carbocycles. The lowest BCUT2D eigenvalue weighted by molar-refractivity contribution is 0.0971. The van der Waals surface area contributed by atoms with Crippen LogP contribution in [-0.4, -0.2) is 20.1 Å². The fourth-order valence-corrected chi connectivity index (χ4v) is 2.75. The maximum absolute atomic E-state index is 12.3. The summed E-state index contributed by atoms with van der Waals surface area (Å²) in [6, 6.07) is 9.62. The summed E-state index contributed by atoms with van der Waals surface area (Å²) < 4.78 is 3.13. The van der Waals surface area contributed by atoms with E-state index >= 15 is 0 Å². The highest BCUT2D eigenvalue weighted by atomic mass is 32.1. The van der Waals surface area contributed by atoms with Gasteiger partial charge in [-0.25, -0.2) is 4.68 Å². The van der Waals surface area contributed by atoms with E-state index in [9.17, 15) is 9.59 Å². The van der Waals surface area contributed by atoms with Crippen molar-refractivity contribution in [3.05, 3.63) is 69.0 Å². The molecule has 2 heterocycles. The smallest absolute Gasteiger partial charge is 0.298 e. The summed E-state index contributed by atoms with van der Waals surface area (Å²) in [7, 11) is 0. The second-order valence-electron chi connectivity index (χ2n) is 4.61. The largest absolute Gasteiger partial charge is 0.307 e. The molecule has 21 heavy (non-hydrogen) atoms. The van der Waals surface area contributed by atoms with Crippen molar-refractivity contribution in [3.63, 3.8) is 0 Å². The minimum Gasteiger partial charge on any atom is -0.298 e. The zero-order valence-electron chi connectivity index (χ0n) is 11.4. The third-order valence-corrected chi connectivity index (χ3v) is 3.96. The molecule has 5 nitrogen and oxygen atoms in total. The molecule has 0 unspecified atom stereocenters. The zero-order valence-corrected chi connectivity index (χ0v) is 12.2. The van der Waals surface area contributed by atoms with E-state index in [2.05, 4.69) is 5.10 Å². The number of carbonyl (C=O) groups is 1. The van der Waals surface area contributed by atoms with E-state index in [1.54, 1.807) is 22.5 Å². The average molecular weight is 299 g/mol. The minimum absolute atomic E-state index is 0.0453. The Morgan fingerprint density at radius 2 is 2.05 bits per heavy atom. The summed E-state index contributed by atoms with van der Waals surface area (Å²) in [5.41, 5.74) is 2.22. The molecular formula is C15H13N3O2S. The molecule has 0 aliphatic heterocycles. The first kappa shape index (κ1) is 13.5. The van der Waals surface area contributed by atoms with Gasteiger partial charge in [-0.1, -0.05) is 29.5 Å². The fraction of sp³-hybridized carbons (Fsp3) is 0.133. The third kappa shape index (κ3) is 2.57. The topological polar surface area (TPSA) is 56.9 Å². The number of rotatable bonds is 4. The summed E-state index contributed by atoms with van der Waals surface area (Å²) >= 11 is 1.08. The van der Waals surface area contributed by atoms with Gasteiger partial charge >= 0.3 is 4.87 Å². The summed E-state index contributed by atoms with van der Waals surface area (Å²) in [6.07, 6.45) is 3.18. The monoisotopic (exact) mass is 299 g/mol. The molecule has 0 atom stereocenters. The Morgan fingerprint density at radius 1 is 1.29 bits per heavy atom. The summed E-state index contributed by atoms with van der Waals surface area (Å²) in [5, 5.41) is 5.95. The number of ketones is 1. The summed E-state index contributed by atoms with van der Waals surface area (Å²) in [5.74, 6) is -0.116. The molecule has 0 spiro atoms. The van der Waals surface area contributed by atoms with Crippen molar-refractivity contribution in [2.45, 2.75) is 13.5 Å². The van der Waals surface area contributed by atoms with Crippen LogP contribution < -0.4 is 4.87 Å². The number of carbonyl (C=O) groups excluding carboxylic acids is 1. The van der Waals surface area contributed by atoms with Crippen molar-refractivity contribution in [2.75, 3.05) is 0 Å². The van der Waals surface area contributed by atoms with Gasteiger partial charge in [0.2, 0.25) is 0 Å². The molecule has 0 aliphatic rings. The van der Waals surface area contributed by atoms with Crippen LogP contribution in [0.4, 0.5) is 0 Å². The van der Waals surface area contributed by atoms with Crippen molar-refractivity contribution in [1.82, 2.24) is 14.3 Å². The number of thiazole rings is 1. The molecule has 2 aromatic heterocycles. The quantitative estimate of drug-likeness (QED) is 0.695. The first-order valence-corrected chi connectivity index (χ1v) is 7.32. The van der Waals surface area contributed by atoms with Gasteiger partial charge in [-0.15, -0.1) is 0 Å². The molecule has 0 bridgehead atoms. The van der Waals surface area contributed by atoms with Gasteiger partial charge in [-0.3, -0.25) is 14.2 Å². The van der Waals surface area contributed by atoms with E-state index in [0.717, 1.165) is 22.7 Å². The Balaban J connectivity index is 1.90. The second kappa shape index (κ2) is 5.49. The SMILES string of the molecule is Cc1c(C(=O)Cn2ccsc2=O)cnn1-c1ccccc1. The van der Waals surface area contributed by atoms with Gasteiger partial charge in [0, 0.05) is 11.6 Å². The molecular weight excluding hydrogens is 286 g/mol. The molecule has 3 rings (SSSR count). The lowest BCUT2D eigenvalue weighted by atomic mass is 10.1. The van der Waals surface area contributed by atoms with Gasteiger partial charge in [0.25, 0.3) is 0 Å². The molecule has 3 aromatic rings. The standard InChI is InChI=1S/C15H13N3O2S/c1-11-13(14(19)10-17-7-8-21-15(17)20)9-16-18(11)12-5-3-2-4-6-12/h2-9H,10H2,1H3. The van der Waals surface area contributed by atoms with E-state index in [4.69, 9.17) is 0 Å². The Labute approximate surface area is 125 Å². The number of Topliss-reactive ketones (excluding diaryl/α,β-unsaturated/α-hetero) is 1. The minimum atomic E-state index is -0.128. The Kier molecular flexibility index (Phi) is 3.53. The first-order valence-electron chi connectivity index (χ1n) is 6.44. The van der Waals surface area contributed by atoms with Crippen LogP contribution in [0, 0.1) is 6.92 Å². The Morgan fingerprint density at radius 3 is 2.71 bits per heavy atom. The molecule has 0 fully saturated rings. The summed E-state index contributed by atoms with van der Waals surface area (Å²) in [4.78, 5) is 23.7. The van der Waals surface area contributed by atoms with Gasteiger partial charge in [0.05, 0.1) is 29.7 Å². The van der Waals surface area contributed by atoms with Crippen LogP contribution in [0.25, 0.3) is 5.69 Å². The number of aromatic nitrogens is 3. The van der Waals surface area contributed by atoms with E-state index in [0.29, 0.717) is 5.56 Å². The van der Waals surface area contributed by atoms with Crippen LogP contribution in [0.3, 0.4) is 0 Å². The van der Waals surface area contributed by atoms with Crippen LogP contribution in [-0.2, 0) is 6.54 Å². The highest BCUT2D eigenvalue weighted by Gasteiger charge is 2.16. The van der Waals surface area contributed by atoms with Crippen LogP contribution in [0.1, 0.15) is 16.1 Å². The number of hydrogen-bond donors (Lipinski definition) is 0. The predicted octanol–water partition coefficient (Wildman–Crippen LogP) is 2.29. The fourth-order valence-electron chi connectivity index (χ4n) is 2.16. The van der Waals surface area contributed by atoms with Crippen molar-refractivity contribution in [2.24, 2.45) is 0 Å². The van der Waals surface area contributed by atoms with Gasteiger partial charge < -0.3 is 0 Å². The number of benzene rings is 1. The number of hydrogen-bond acceptors (Lipinski definition) is 4. The van der Waals surface area contributed by atoms with Crippen LogP contribution in [0.15, 0.2) is 52.9 Å². The molecule has 0 N–H and O–H groups in total. The van der Waals surface area contributed by atoms with Gasteiger partial charge in [-0.05, 0) is 19.1 Å². The predicted molar refractivity (Wildman–Crippen MR) is 81.2 cm³/mol.